The topological polar surface area (TPSA) is 31.4 Å². The minimum Gasteiger partial charge on any atom is -0.371 e. The van der Waals surface area contributed by atoms with E-state index in [9.17, 15) is 0 Å². The van der Waals surface area contributed by atoms with Crippen LogP contribution in [0.15, 0.2) is 18.5 Å². The van der Waals surface area contributed by atoms with Crippen LogP contribution < -0.4 is 10.2 Å². The van der Waals surface area contributed by atoms with Gasteiger partial charge < -0.3 is 15.1 Å². The van der Waals surface area contributed by atoms with Crippen LogP contribution in [0, 0.1) is 0 Å². The smallest absolute Gasteiger partial charge is 0.0596 e. The van der Waals surface area contributed by atoms with Crippen LogP contribution in [0.3, 0.4) is 0 Å². The summed E-state index contributed by atoms with van der Waals surface area (Å²) in [7, 11) is 8.56. The van der Waals surface area contributed by atoms with Crippen molar-refractivity contribution in [1.29, 1.82) is 0 Å². The zero-order valence-corrected chi connectivity index (χ0v) is 12.6. The van der Waals surface area contributed by atoms with Crippen molar-refractivity contribution in [2.75, 3.05) is 39.6 Å². The number of rotatable bonds is 6. The largest absolute Gasteiger partial charge is 0.371 e. The number of aromatic nitrogens is 1. The first-order chi connectivity index (χ1) is 9.09. The molecule has 19 heavy (non-hydrogen) atoms. The third kappa shape index (κ3) is 2.90. The summed E-state index contributed by atoms with van der Waals surface area (Å²) in [5, 5.41) is 3.23. The molecule has 1 aromatic rings. The first kappa shape index (κ1) is 14.3. The average Bonchev–Trinajstić information content (AvgIpc) is 2.34. The van der Waals surface area contributed by atoms with Crippen molar-refractivity contribution in [3.8, 4) is 0 Å². The molecule has 0 bridgehead atoms. The van der Waals surface area contributed by atoms with Gasteiger partial charge in [0.15, 0.2) is 0 Å². The van der Waals surface area contributed by atoms with Gasteiger partial charge in [-0.3, -0.25) is 4.98 Å². The van der Waals surface area contributed by atoms with E-state index in [1.165, 1.54) is 30.5 Å². The van der Waals surface area contributed by atoms with E-state index in [2.05, 4.69) is 47.3 Å². The summed E-state index contributed by atoms with van der Waals surface area (Å²) in [6.45, 7) is 1.96. The number of nitrogens with one attached hydrogen (secondary N) is 1. The molecule has 0 saturated heterocycles. The van der Waals surface area contributed by atoms with Gasteiger partial charge in [0.1, 0.15) is 0 Å². The van der Waals surface area contributed by atoms with Gasteiger partial charge in [-0.25, -0.2) is 0 Å². The molecular formula is C15H26N4. The highest BCUT2D eigenvalue weighted by Crippen LogP contribution is 2.37. The van der Waals surface area contributed by atoms with Crippen molar-refractivity contribution in [2.24, 2.45) is 0 Å². The van der Waals surface area contributed by atoms with E-state index in [4.69, 9.17) is 0 Å². The summed E-state index contributed by atoms with van der Waals surface area (Å²) < 4.78 is 0. The van der Waals surface area contributed by atoms with Crippen LogP contribution >= 0.6 is 0 Å². The zero-order valence-electron chi connectivity index (χ0n) is 12.6. The normalized spacial score (nSPS) is 17.3. The first-order valence-electron chi connectivity index (χ1n) is 7.05. The SMILES string of the molecule is CNCc1ccncc1N(C)CC1(N(C)C)CCC1. The van der Waals surface area contributed by atoms with Gasteiger partial charge in [-0.1, -0.05) is 0 Å². The quantitative estimate of drug-likeness (QED) is 0.846. The fraction of sp³-hybridized carbons (Fsp3) is 0.667. The molecule has 1 saturated carbocycles. The Labute approximate surface area is 116 Å². The summed E-state index contributed by atoms with van der Waals surface area (Å²) in [5.74, 6) is 0. The standard InChI is InChI=1S/C15H26N4/c1-16-10-13-6-9-17-11-14(13)19(4)12-15(18(2)3)7-5-8-15/h6,9,11,16H,5,7-8,10,12H2,1-4H3. The minimum atomic E-state index is 0.349. The molecule has 0 unspecified atom stereocenters. The van der Waals surface area contributed by atoms with Gasteiger partial charge in [0.25, 0.3) is 0 Å². The minimum absolute atomic E-state index is 0.349. The molecular weight excluding hydrogens is 236 g/mol. The third-order valence-electron chi connectivity index (χ3n) is 4.43. The van der Waals surface area contributed by atoms with Crippen LogP contribution in [0.1, 0.15) is 24.8 Å². The van der Waals surface area contributed by atoms with E-state index in [-0.39, 0.29) is 0 Å². The third-order valence-corrected chi connectivity index (χ3v) is 4.43. The van der Waals surface area contributed by atoms with Crippen molar-refractivity contribution < 1.29 is 0 Å². The lowest BCUT2D eigenvalue weighted by atomic mass is 9.75. The molecule has 0 aromatic carbocycles. The number of anilines is 1. The molecule has 106 valence electrons. The second-order valence-corrected chi connectivity index (χ2v) is 5.86. The van der Waals surface area contributed by atoms with Crippen LogP contribution in [0.5, 0.6) is 0 Å². The molecule has 1 aliphatic carbocycles. The predicted molar refractivity (Wildman–Crippen MR) is 80.5 cm³/mol. The van der Waals surface area contributed by atoms with Gasteiger partial charge in [0.2, 0.25) is 0 Å². The van der Waals surface area contributed by atoms with Crippen LogP contribution in [-0.4, -0.2) is 50.2 Å². The maximum atomic E-state index is 4.28. The van der Waals surface area contributed by atoms with Gasteiger partial charge in [-0.05, 0) is 52.0 Å². The van der Waals surface area contributed by atoms with E-state index in [1.807, 2.05) is 19.4 Å². The van der Waals surface area contributed by atoms with Crippen molar-refractivity contribution in [3.05, 3.63) is 24.0 Å². The number of hydrogen-bond donors (Lipinski definition) is 1. The Hall–Kier alpha value is -1.13. The summed E-state index contributed by atoms with van der Waals surface area (Å²) in [6.07, 6.45) is 7.80. The Bertz CT molecular complexity index is 412. The summed E-state index contributed by atoms with van der Waals surface area (Å²) in [4.78, 5) is 9.03. The Balaban J connectivity index is 2.13. The average molecular weight is 262 g/mol. The Kier molecular flexibility index (Phi) is 4.42. The maximum Gasteiger partial charge on any atom is 0.0596 e. The van der Waals surface area contributed by atoms with Gasteiger partial charge in [-0.2, -0.15) is 0 Å². The highest BCUT2D eigenvalue weighted by Gasteiger charge is 2.40. The predicted octanol–water partition coefficient (Wildman–Crippen LogP) is 1.72. The zero-order chi connectivity index (χ0) is 13.9. The van der Waals surface area contributed by atoms with E-state index in [0.717, 1.165) is 13.1 Å². The lowest BCUT2D eigenvalue weighted by Crippen LogP contribution is -2.56. The molecule has 1 aromatic heterocycles. The lowest BCUT2D eigenvalue weighted by molar-refractivity contribution is 0.0683. The molecule has 0 aliphatic heterocycles. The number of likely N-dealkylation sites (N-methyl/N-ethyl adjacent to an activating group) is 2. The van der Waals surface area contributed by atoms with Gasteiger partial charge in [-0.15, -0.1) is 0 Å². The highest BCUT2D eigenvalue weighted by molar-refractivity contribution is 5.51. The fourth-order valence-corrected chi connectivity index (χ4v) is 2.96. The van der Waals surface area contributed by atoms with Crippen molar-refractivity contribution in [3.63, 3.8) is 0 Å². The molecule has 1 aliphatic rings. The molecule has 0 radical (unpaired) electrons. The molecule has 0 atom stereocenters. The summed E-state index contributed by atoms with van der Waals surface area (Å²) in [5.41, 5.74) is 2.90. The van der Waals surface area contributed by atoms with E-state index in [0.29, 0.717) is 5.54 Å². The molecule has 4 nitrogen and oxygen atoms in total. The van der Waals surface area contributed by atoms with Crippen LogP contribution in [0.2, 0.25) is 0 Å². The van der Waals surface area contributed by atoms with Gasteiger partial charge in [0.05, 0.1) is 11.9 Å². The molecule has 0 spiro atoms. The Morgan fingerprint density at radius 2 is 2.05 bits per heavy atom. The van der Waals surface area contributed by atoms with E-state index >= 15 is 0 Å². The molecule has 1 fully saturated rings. The van der Waals surface area contributed by atoms with Crippen LogP contribution in [0.4, 0.5) is 5.69 Å². The summed E-state index contributed by atoms with van der Waals surface area (Å²) >= 11 is 0. The summed E-state index contributed by atoms with van der Waals surface area (Å²) in [6, 6.07) is 2.10. The molecule has 1 N–H and O–H groups in total. The molecule has 0 amide bonds. The Morgan fingerprint density at radius 3 is 2.58 bits per heavy atom. The van der Waals surface area contributed by atoms with E-state index < -0.39 is 0 Å². The molecule has 4 heteroatoms. The molecule has 1 heterocycles. The number of nitrogens with zero attached hydrogens (tertiary/aromatic N) is 3. The first-order valence-corrected chi connectivity index (χ1v) is 7.05. The van der Waals surface area contributed by atoms with E-state index in [1.54, 1.807) is 0 Å². The monoisotopic (exact) mass is 262 g/mol. The second-order valence-electron chi connectivity index (χ2n) is 5.86. The van der Waals surface area contributed by atoms with Crippen LogP contribution in [-0.2, 0) is 6.54 Å². The van der Waals surface area contributed by atoms with Crippen molar-refractivity contribution >= 4 is 5.69 Å². The van der Waals surface area contributed by atoms with Crippen molar-refractivity contribution in [2.45, 2.75) is 31.3 Å². The Morgan fingerprint density at radius 1 is 1.32 bits per heavy atom. The van der Waals surface area contributed by atoms with Crippen molar-refractivity contribution in [1.82, 2.24) is 15.2 Å². The number of hydrogen-bond acceptors (Lipinski definition) is 4. The van der Waals surface area contributed by atoms with Gasteiger partial charge in [0, 0.05) is 31.9 Å². The maximum absolute atomic E-state index is 4.28. The fourth-order valence-electron chi connectivity index (χ4n) is 2.96. The van der Waals surface area contributed by atoms with Crippen LogP contribution in [0.25, 0.3) is 0 Å². The second kappa shape index (κ2) is 5.88. The molecule has 2 rings (SSSR count). The lowest BCUT2D eigenvalue weighted by Gasteiger charge is -2.49. The van der Waals surface area contributed by atoms with Gasteiger partial charge >= 0.3 is 0 Å². The number of pyridine rings is 1. The highest BCUT2D eigenvalue weighted by atomic mass is 15.2.